The Morgan fingerprint density at radius 3 is 2.37 bits per heavy atom. The highest BCUT2D eigenvalue weighted by molar-refractivity contribution is 5.85. The molecule has 1 aromatic carbocycles. The molecule has 0 aliphatic carbocycles. The lowest BCUT2D eigenvalue weighted by Gasteiger charge is -2.26. The normalized spacial score (nSPS) is 16.2. The van der Waals surface area contributed by atoms with Gasteiger partial charge in [-0.1, -0.05) is 30.3 Å². The van der Waals surface area contributed by atoms with Crippen LogP contribution in [0.1, 0.15) is 31.4 Å². The van der Waals surface area contributed by atoms with E-state index in [0.29, 0.717) is 45.4 Å². The van der Waals surface area contributed by atoms with Crippen LogP contribution in [0.2, 0.25) is 0 Å². The quantitative estimate of drug-likeness (QED) is 0.492. The Bertz CT molecular complexity index is 950. The maximum Gasteiger partial charge on any atom is 0.248 e. The second kappa shape index (κ2) is 13.6. The molecule has 1 aromatic heterocycles. The molecule has 0 saturated carbocycles. The van der Waals surface area contributed by atoms with Crippen LogP contribution in [0.5, 0.6) is 0 Å². The van der Waals surface area contributed by atoms with Gasteiger partial charge in [0, 0.05) is 51.5 Å². The highest BCUT2D eigenvalue weighted by Crippen LogP contribution is 2.13. The van der Waals surface area contributed by atoms with Crippen LogP contribution in [0, 0.1) is 0 Å². The van der Waals surface area contributed by atoms with Crippen molar-refractivity contribution in [2.45, 2.75) is 39.2 Å². The average molecular weight is 481 g/mol. The van der Waals surface area contributed by atoms with E-state index < -0.39 is 6.10 Å². The van der Waals surface area contributed by atoms with E-state index in [4.69, 9.17) is 4.74 Å². The summed E-state index contributed by atoms with van der Waals surface area (Å²) in [5.41, 5.74) is 2.17. The van der Waals surface area contributed by atoms with Crippen molar-refractivity contribution in [2.75, 3.05) is 45.9 Å². The van der Waals surface area contributed by atoms with Gasteiger partial charge in [0.25, 0.3) is 0 Å². The Morgan fingerprint density at radius 2 is 1.69 bits per heavy atom. The average Bonchev–Trinajstić information content (AvgIpc) is 3.05. The summed E-state index contributed by atoms with van der Waals surface area (Å²) in [6.45, 7) is 6.22. The summed E-state index contributed by atoms with van der Waals surface area (Å²) in [5, 5.41) is 0. The summed E-state index contributed by atoms with van der Waals surface area (Å²) in [7, 11) is 0. The molecule has 8 nitrogen and oxygen atoms in total. The fourth-order valence-corrected chi connectivity index (χ4v) is 4.21. The van der Waals surface area contributed by atoms with E-state index >= 15 is 0 Å². The van der Waals surface area contributed by atoms with Crippen LogP contribution in [-0.2, 0) is 32.0 Å². The zero-order valence-electron chi connectivity index (χ0n) is 20.8. The SMILES string of the molecule is CCN(CC)C(=O)CO[C@H]1CN(CCc2ccccc2)C(=O)CN(C(=O)CCc2ccncc2)C1. The molecule has 1 aliphatic heterocycles. The first kappa shape index (κ1) is 26.3. The van der Waals surface area contributed by atoms with Gasteiger partial charge in [0.1, 0.15) is 6.61 Å². The van der Waals surface area contributed by atoms with Gasteiger partial charge in [0.05, 0.1) is 12.6 Å². The third kappa shape index (κ3) is 8.17. The highest BCUT2D eigenvalue weighted by Gasteiger charge is 2.31. The van der Waals surface area contributed by atoms with Crippen molar-refractivity contribution < 1.29 is 19.1 Å². The van der Waals surface area contributed by atoms with Gasteiger partial charge >= 0.3 is 0 Å². The lowest BCUT2D eigenvalue weighted by molar-refractivity contribution is -0.139. The number of amides is 3. The largest absolute Gasteiger partial charge is 0.365 e. The zero-order chi connectivity index (χ0) is 25.0. The van der Waals surface area contributed by atoms with Gasteiger partial charge in [-0.25, -0.2) is 0 Å². The third-order valence-electron chi connectivity index (χ3n) is 6.33. The molecule has 0 bridgehead atoms. The molecule has 188 valence electrons. The van der Waals surface area contributed by atoms with Gasteiger partial charge in [-0.2, -0.15) is 0 Å². The maximum absolute atomic E-state index is 13.1. The summed E-state index contributed by atoms with van der Waals surface area (Å²) in [4.78, 5) is 47.7. The van der Waals surface area contributed by atoms with Crippen LogP contribution in [0.4, 0.5) is 0 Å². The van der Waals surface area contributed by atoms with Crippen molar-refractivity contribution in [3.05, 3.63) is 66.0 Å². The Balaban J connectivity index is 1.66. The summed E-state index contributed by atoms with van der Waals surface area (Å²) in [5.74, 6) is -0.278. The Kier molecular flexibility index (Phi) is 10.2. The number of benzene rings is 1. The van der Waals surface area contributed by atoms with Gasteiger partial charge in [-0.3, -0.25) is 19.4 Å². The number of pyridine rings is 1. The number of ether oxygens (including phenoxy) is 1. The van der Waals surface area contributed by atoms with E-state index in [1.54, 1.807) is 27.1 Å². The number of hydrogen-bond donors (Lipinski definition) is 0. The fourth-order valence-electron chi connectivity index (χ4n) is 4.21. The number of rotatable bonds is 11. The Labute approximate surface area is 207 Å². The monoisotopic (exact) mass is 480 g/mol. The van der Waals surface area contributed by atoms with Crippen molar-refractivity contribution in [3.8, 4) is 0 Å². The van der Waals surface area contributed by atoms with Crippen molar-refractivity contribution >= 4 is 17.7 Å². The number of carbonyl (C=O) groups excluding carboxylic acids is 3. The predicted molar refractivity (Wildman–Crippen MR) is 134 cm³/mol. The minimum Gasteiger partial charge on any atom is -0.365 e. The molecule has 0 unspecified atom stereocenters. The van der Waals surface area contributed by atoms with Crippen molar-refractivity contribution in [1.29, 1.82) is 0 Å². The van der Waals surface area contributed by atoms with Gasteiger partial charge < -0.3 is 19.4 Å². The van der Waals surface area contributed by atoms with Crippen molar-refractivity contribution in [2.24, 2.45) is 0 Å². The molecule has 3 amide bonds. The summed E-state index contributed by atoms with van der Waals surface area (Å²) >= 11 is 0. The van der Waals surface area contributed by atoms with E-state index in [0.717, 1.165) is 11.1 Å². The molecule has 0 N–H and O–H groups in total. The van der Waals surface area contributed by atoms with Crippen LogP contribution in [0.3, 0.4) is 0 Å². The van der Waals surface area contributed by atoms with Gasteiger partial charge in [0.2, 0.25) is 17.7 Å². The minimum atomic E-state index is -0.429. The molecule has 2 heterocycles. The number of aryl methyl sites for hydroxylation is 1. The lowest BCUT2D eigenvalue weighted by atomic mass is 10.1. The lowest BCUT2D eigenvalue weighted by Crippen LogP contribution is -2.41. The molecule has 35 heavy (non-hydrogen) atoms. The number of carbonyl (C=O) groups is 3. The zero-order valence-corrected chi connectivity index (χ0v) is 20.8. The fraction of sp³-hybridized carbons (Fsp3) is 0.481. The molecule has 2 aromatic rings. The molecule has 3 rings (SSSR count). The maximum atomic E-state index is 13.1. The molecule has 1 aliphatic rings. The smallest absolute Gasteiger partial charge is 0.248 e. The number of likely N-dealkylation sites (N-methyl/N-ethyl adjacent to an activating group) is 1. The van der Waals surface area contributed by atoms with E-state index in [1.165, 1.54) is 0 Å². The van der Waals surface area contributed by atoms with Gasteiger partial charge in [0.15, 0.2) is 0 Å². The molecule has 1 atom stereocenters. The molecule has 1 saturated heterocycles. The number of nitrogens with zero attached hydrogens (tertiary/aromatic N) is 4. The molecule has 1 fully saturated rings. The highest BCUT2D eigenvalue weighted by atomic mass is 16.5. The summed E-state index contributed by atoms with van der Waals surface area (Å²) in [6, 6.07) is 13.8. The minimum absolute atomic E-state index is 0.0216. The van der Waals surface area contributed by atoms with E-state index in [2.05, 4.69) is 4.98 Å². The van der Waals surface area contributed by atoms with Crippen LogP contribution in [0.15, 0.2) is 54.9 Å². The predicted octanol–water partition coefficient (Wildman–Crippen LogP) is 2.18. The first-order valence-corrected chi connectivity index (χ1v) is 12.4. The summed E-state index contributed by atoms with van der Waals surface area (Å²) < 4.78 is 6.00. The Hall–Kier alpha value is -3.26. The van der Waals surface area contributed by atoms with E-state index in [-0.39, 0.29) is 37.4 Å². The molecular formula is C27H36N4O4. The molecule has 0 spiro atoms. The first-order chi connectivity index (χ1) is 17.0. The van der Waals surface area contributed by atoms with Gasteiger partial charge in [-0.05, 0) is 49.9 Å². The van der Waals surface area contributed by atoms with Crippen LogP contribution in [-0.4, -0.2) is 89.4 Å². The van der Waals surface area contributed by atoms with Crippen molar-refractivity contribution in [1.82, 2.24) is 19.7 Å². The van der Waals surface area contributed by atoms with Crippen molar-refractivity contribution in [3.63, 3.8) is 0 Å². The second-order valence-corrected chi connectivity index (χ2v) is 8.70. The van der Waals surface area contributed by atoms with Crippen LogP contribution < -0.4 is 0 Å². The van der Waals surface area contributed by atoms with E-state index in [9.17, 15) is 14.4 Å². The van der Waals surface area contributed by atoms with Crippen LogP contribution >= 0.6 is 0 Å². The molecule has 0 radical (unpaired) electrons. The summed E-state index contributed by atoms with van der Waals surface area (Å²) in [6.07, 6.45) is 4.57. The molecule has 8 heteroatoms. The Morgan fingerprint density at radius 1 is 1.00 bits per heavy atom. The number of hydrogen-bond acceptors (Lipinski definition) is 5. The molecular weight excluding hydrogens is 444 g/mol. The first-order valence-electron chi connectivity index (χ1n) is 12.4. The van der Waals surface area contributed by atoms with Crippen LogP contribution in [0.25, 0.3) is 0 Å². The number of aromatic nitrogens is 1. The second-order valence-electron chi connectivity index (χ2n) is 8.70. The van der Waals surface area contributed by atoms with E-state index in [1.807, 2.05) is 56.3 Å². The van der Waals surface area contributed by atoms with Gasteiger partial charge in [-0.15, -0.1) is 0 Å². The topological polar surface area (TPSA) is 83.0 Å². The standard InChI is InChI=1S/C27H36N4O4/c1-3-29(4-2)27(34)21-35-24-18-30(17-14-22-8-6-5-7-9-22)26(33)20-31(19-24)25(32)11-10-23-12-15-28-16-13-23/h5-9,12-13,15-16,24H,3-4,10-11,14,17-21H2,1-2H3/t24-/m0/s1. The third-order valence-corrected chi connectivity index (χ3v) is 6.33.